The minimum Gasteiger partial charge on any atom is -0.374 e. The van der Waals surface area contributed by atoms with Gasteiger partial charge in [0.25, 0.3) is 0 Å². The minimum absolute atomic E-state index is 0.322. The van der Waals surface area contributed by atoms with Gasteiger partial charge in [-0.25, -0.2) is 0 Å². The second-order valence-electron chi connectivity index (χ2n) is 1.10. The third-order valence-corrected chi connectivity index (χ3v) is 1.23. The van der Waals surface area contributed by atoms with Crippen LogP contribution in [-0.4, -0.2) is 16.5 Å². The maximum atomic E-state index is 9.87. The molecule has 0 unspecified atom stereocenters. The van der Waals surface area contributed by atoms with E-state index in [9.17, 15) is 4.79 Å². The van der Waals surface area contributed by atoms with E-state index in [1.165, 1.54) is 0 Å². The molecule has 1 heterocycles. The Balaban J connectivity index is 3.00. The zero-order valence-corrected chi connectivity index (χ0v) is 4.68. The van der Waals surface area contributed by atoms with Gasteiger partial charge in [-0.2, -0.15) is 0 Å². The molecule has 1 aromatic heterocycles. The van der Waals surface area contributed by atoms with Crippen LogP contribution in [0.15, 0.2) is 0 Å². The summed E-state index contributed by atoms with van der Waals surface area (Å²) in [6, 6.07) is 0. The lowest BCUT2D eigenvalue weighted by Gasteiger charge is -1.66. The SMILES string of the molecule is Nc1nnc(C=O)s1. The van der Waals surface area contributed by atoms with Gasteiger partial charge in [-0.3, -0.25) is 4.79 Å². The predicted molar refractivity (Wildman–Crippen MR) is 29.7 cm³/mol. The van der Waals surface area contributed by atoms with Crippen LogP contribution in [0.4, 0.5) is 5.13 Å². The average Bonchev–Trinajstić information content (AvgIpc) is 2.14. The van der Waals surface area contributed by atoms with E-state index in [4.69, 9.17) is 5.73 Å². The molecule has 0 aliphatic heterocycles. The molecule has 1 rings (SSSR count). The van der Waals surface area contributed by atoms with E-state index in [-0.39, 0.29) is 0 Å². The van der Waals surface area contributed by atoms with Crippen molar-refractivity contribution < 1.29 is 4.79 Å². The van der Waals surface area contributed by atoms with Crippen molar-refractivity contribution in [2.75, 3.05) is 5.73 Å². The van der Waals surface area contributed by atoms with Crippen molar-refractivity contribution in [3.63, 3.8) is 0 Å². The normalized spacial score (nSPS) is 9.00. The number of anilines is 1. The zero-order valence-electron chi connectivity index (χ0n) is 3.87. The summed E-state index contributed by atoms with van der Waals surface area (Å²) in [4.78, 5) is 9.87. The molecule has 0 saturated heterocycles. The summed E-state index contributed by atoms with van der Waals surface area (Å²) in [5.41, 5.74) is 5.14. The quantitative estimate of drug-likeness (QED) is 0.539. The lowest BCUT2D eigenvalue weighted by molar-refractivity contribution is 0.112. The van der Waals surface area contributed by atoms with Crippen LogP contribution >= 0.6 is 11.3 Å². The largest absolute Gasteiger partial charge is 0.374 e. The van der Waals surface area contributed by atoms with Crippen LogP contribution < -0.4 is 5.73 Å². The van der Waals surface area contributed by atoms with Crippen LogP contribution in [0.3, 0.4) is 0 Å². The number of nitrogen functional groups attached to an aromatic ring is 1. The molecule has 2 N–H and O–H groups in total. The summed E-state index contributed by atoms with van der Waals surface area (Å²) in [5.74, 6) is 0. The second kappa shape index (κ2) is 1.87. The van der Waals surface area contributed by atoms with Crippen molar-refractivity contribution in [2.24, 2.45) is 0 Å². The molecule has 0 radical (unpaired) electrons. The standard InChI is InChI=1S/C3H3N3OS/c4-3-6-5-2(1-7)8-3/h1H,(H2,4,6). The number of nitrogens with zero attached hydrogens (tertiary/aromatic N) is 2. The Morgan fingerprint density at radius 1 is 1.62 bits per heavy atom. The van der Waals surface area contributed by atoms with Crippen LogP contribution in [0.2, 0.25) is 0 Å². The molecule has 0 saturated carbocycles. The van der Waals surface area contributed by atoms with Gasteiger partial charge in [0.1, 0.15) is 0 Å². The fourth-order valence-electron chi connectivity index (χ4n) is 0.294. The molecule has 0 fully saturated rings. The first-order chi connectivity index (χ1) is 3.83. The zero-order chi connectivity index (χ0) is 5.98. The Bertz CT molecular complexity index is 196. The molecule has 0 bridgehead atoms. The number of aldehydes is 1. The maximum Gasteiger partial charge on any atom is 0.203 e. The first-order valence-corrected chi connectivity index (χ1v) is 2.69. The molecule has 1 aromatic rings. The average molecular weight is 129 g/mol. The van der Waals surface area contributed by atoms with Gasteiger partial charge < -0.3 is 5.73 Å². The number of rotatable bonds is 1. The molecule has 0 spiro atoms. The third-order valence-electron chi connectivity index (χ3n) is 0.557. The van der Waals surface area contributed by atoms with Crippen LogP contribution in [0, 0.1) is 0 Å². The van der Waals surface area contributed by atoms with Crippen molar-refractivity contribution in [2.45, 2.75) is 0 Å². The fourth-order valence-corrected chi connectivity index (χ4v) is 0.720. The van der Waals surface area contributed by atoms with Gasteiger partial charge in [-0.05, 0) is 0 Å². The van der Waals surface area contributed by atoms with Gasteiger partial charge in [0.2, 0.25) is 5.13 Å². The van der Waals surface area contributed by atoms with Gasteiger partial charge in [0.15, 0.2) is 11.3 Å². The fraction of sp³-hybridized carbons (Fsp3) is 0. The van der Waals surface area contributed by atoms with E-state index in [1.54, 1.807) is 0 Å². The summed E-state index contributed by atoms with van der Waals surface area (Å²) in [6.07, 6.45) is 0.619. The molecule has 8 heavy (non-hydrogen) atoms. The molecular weight excluding hydrogens is 126 g/mol. The van der Waals surface area contributed by atoms with E-state index < -0.39 is 0 Å². The lowest BCUT2D eigenvalue weighted by Crippen LogP contribution is -1.80. The summed E-state index contributed by atoms with van der Waals surface area (Å²) < 4.78 is 0. The molecular formula is C3H3N3OS. The van der Waals surface area contributed by atoms with Crippen LogP contribution in [0.25, 0.3) is 0 Å². The highest BCUT2D eigenvalue weighted by Crippen LogP contribution is 2.06. The summed E-state index contributed by atoms with van der Waals surface area (Å²) in [6.45, 7) is 0. The number of hydrogen-bond acceptors (Lipinski definition) is 5. The van der Waals surface area contributed by atoms with Crippen molar-refractivity contribution in [3.05, 3.63) is 5.01 Å². The molecule has 0 aliphatic carbocycles. The van der Waals surface area contributed by atoms with Crippen molar-refractivity contribution in [1.29, 1.82) is 0 Å². The highest BCUT2D eigenvalue weighted by atomic mass is 32.1. The first kappa shape index (κ1) is 5.17. The van der Waals surface area contributed by atoms with E-state index in [0.29, 0.717) is 16.4 Å². The number of aromatic nitrogens is 2. The predicted octanol–water partition coefficient (Wildman–Crippen LogP) is -0.0672. The Morgan fingerprint density at radius 3 is 2.62 bits per heavy atom. The second-order valence-corrected chi connectivity index (χ2v) is 2.14. The van der Waals surface area contributed by atoms with Gasteiger partial charge >= 0.3 is 0 Å². The molecule has 0 aromatic carbocycles. The van der Waals surface area contributed by atoms with E-state index in [0.717, 1.165) is 11.3 Å². The molecule has 42 valence electrons. The van der Waals surface area contributed by atoms with Gasteiger partial charge in [-0.15, -0.1) is 10.2 Å². The topological polar surface area (TPSA) is 68.9 Å². The van der Waals surface area contributed by atoms with E-state index in [1.807, 2.05) is 0 Å². The molecule has 5 heteroatoms. The van der Waals surface area contributed by atoms with E-state index >= 15 is 0 Å². The molecule has 0 atom stereocenters. The number of hydrogen-bond donors (Lipinski definition) is 1. The Hall–Kier alpha value is -0.970. The van der Waals surface area contributed by atoms with Crippen molar-refractivity contribution in [3.8, 4) is 0 Å². The highest BCUT2D eigenvalue weighted by Gasteiger charge is 1.94. The highest BCUT2D eigenvalue weighted by molar-refractivity contribution is 7.16. The van der Waals surface area contributed by atoms with Gasteiger partial charge in [-0.1, -0.05) is 11.3 Å². The number of carbonyl (C=O) groups is 1. The van der Waals surface area contributed by atoms with E-state index in [2.05, 4.69) is 10.2 Å². The smallest absolute Gasteiger partial charge is 0.203 e. The monoisotopic (exact) mass is 129 g/mol. The van der Waals surface area contributed by atoms with Crippen LogP contribution in [0.5, 0.6) is 0 Å². The summed E-state index contributed by atoms with van der Waals surface area (Å²) in [5, 5.41) is 7.46. The molecule has 4 nitrogen and oxygen atoms in total. The first-order valence-electron chi connectivity index (χ1n) is 1.87. The Kier molecular flexibility index (Phi) is 1.21. The van der Waals surface area contributed by atoms with Gasteiger partial charge in [0.05, 0.1) is 0 Å². The van der Waals surface area contributed by atoms with Crippen LogP contribution in [0.1, 0.15) is 9.80 Å². The van der Waals surface area contributed by atoms with Gasteiger partial charge in [0, 0.05) is 0 Å². The number of carbonyl (C=O) groups excluding carboxylic acids is 1. The minimum atomic E-state index is 0.322. The maximum absolute atomic E-state index is 9.87. The number of nitrogens with two attached hydrogens (primary N) is 1. The molecule has 0 amide bonds. The third kappa shape index (κ3) is 0.812. The van der Waals surface area contributed by atoms with Crippen LogP contribution in [-0.2, 0) is 0 Å². The lowest BCUT2D eigenvalue weighted by atomic mass is 10.8. The Labute approximate surface area is 49.3 Å². The van der Waals surface area contributed by atoms with Crippen molar-refractivity contribution >= 4 is 22.8 Å². The Morgan fingerprint density at radius 2 is 2.38 bits per heavy atom. The summed E-state index contributed by atoms with van der Waals surface area (Å²) in [7, 11) is 0. The van der Waals surface area contributed by atoms with Crippen molar-refractivity contribution in [1.82, 2.24) is 10.2 Å². The molecule has 0 aliphatic rings. The summed E-state index contributed by atoms with van der Waals surface area (Å²) >= 11 is 1.08.